The molecule has 0 spiro atoms. The molecule has 0 bridgehead atoms. The standard InChI is InChI=1S/C18H13IO3/c1-20-18-14-15(19)16(11-7-3-2-4-8-11)22-17(14)12-9-5-6-10-13(12)21-18/h2-10,18H,1H3/t18-/m1/s1. The zero-order chi connectivity index (χ0) is 15.1. The van der Waals surface area contributed by atoms with Gasteiger partial charge in [0.2, 0.25) is 6.29 Å². The Morgan fingerprint density at radius 1 is 0.955 bits per heavy atom. The van der Waals surface area contributed by atoms with Crippen LogP contribution in [0.5, 0.6) is 5.75 Å². The monoisotopic (exact) mass is 404 g/mol. The van der Waals surface area contributed by atoms with Crippen molar-refractivity contribution in [2.75, 3.05) is 7.11 Å². The fourth-order valence-electron chi connectivity index (χ4n) is 2.71. The molecule has 1 aliphatic heterocycles. The van der Waals surface area contributed by atoms with Crippen molar-refractivity contribution in [1.82, 2.24) is 0 Å². The Labute approximate surface area is 142 Å². The molecule has 0 fully saturated rings. The number of para-hydroxylation sites is 1. The predicted octanol–water partition coefficient (Wildman–Crippen LogP) is 5.26. The molecule has 3 aromatic rings. The summed E-state index contributed by atoms with van der Waals surface area (Å²) in [6.45, 7) is 0. The van der Waals surface area contributed by atoms with Gasteiger partial charge in [0.15, 0.2) is 0 Å². The summed E-state index contributed by atoms with van der Waals surface area (Å²) < 4.78 is 18.7. The van der Waals surface area contributed by atoms with Crippen molar-refractivity contribution in [3.63, 3.8) is 0 Å². The molecule has 4 heteroatoms. The number of hydrogen-bond acceptors (Lipinski definition) is 3. The Kier molecular flexibility index (Phi) is 3.43. The fraction of sp³-hybridized carbons (Fsp3) is 0.111. The average Bonchev–Trinajstić information content (AvgIpc) is 2.93. The Morgan fingerprint density at radius 2 is 1.68 bits per heavy atom. The molecule has 1 aliphatic rings. The summed E-state index contributed by atoms with van der Waals surface area (Å²) >= 11 is 2.31. The first-order valence-corrected chi connectivity index (χ1v) is 8.04. The SMILES string of the molecule is CO[C@@H]1Oc2ccccc2-c2oc(-c3ccccc3)c(I)c21. The zero-order valence-electron chi connectivity index (χ0n) is 11.9. The number of benzene rings is 2. The van der Waals surface area contributed by atoms with Gasteiger partial charge in [0.25, 0.3) is 0 Å². The van der Waals surface area contributed by atoms with E-state index in [-0.39, 0.29) is 0 Å². The van der Waals surface area contributed by atoms with Crippen molar-refractivity contribution in [2.45, 2.75) is 6.29 Å². The van der Waals surface area contributed by atoms with Gasteiger partial charge in [0, 0.05) is 12.7 Å². The minimum atomic E-state index is -0.446. The summed E-state index contributed by atoms with van der Waals surface area (Å²) in [6.07, 6.45) is -0.446. The number of methoxy groups -OCH3 is 1. The van der Waals surface area contributed by atoms with E-state index in [9.17, 15) is 0 Å². The van der Waals surface area contributed by atoms with Crippen LogP contribution in [0.2, 0.25) is 0 Å². The number of furan rings is 1. The summed E-state index contributed by atoms with van der Waals surface area (Å²) in [6, 6.07) is 18.0. The summed E-state index contributed by atoms with van der Waals surface area (Å²) in [5.41, 5.74) is 2.97. The van der Waals surface area contributed by atoms with E-state index in [1.54, 1.807) is 7.11 Å². The first kappa shape index (κ1) is 13.8. The molecule has 0 saturated heterocycles. The number of halogens is 1. The minimum absolute atomic E-state index is 0.446. The van der Waals surface area contributed by atoms with E-state index in [0.29, 0.717) is 0 Å². The smallest absolute Gasteiger partial charge is 0.231 e. The highest BCUT2D eigenvalue weighted by Crippen LogP contribution is 2.48. The quantitative estimate of drug-likeness (QED) is 0.547. The lowest BCUT2D eigenvalue weighted by Crippen LogP contribution is -2.15. The Hall–Kier alpha value is -1.79. The normalized spacial score (nSPS) is 15.8. The molecule has 0 amide bonds. The molecule has 0 aliphatic carbocycles. The molecule has 0 saturated carbocycles. The van der Waals surface area contributed by atoms with Crippen LogP contribution in [0, 0.1) is 3.57 Å². The molecule has 2 aromatic carbocycles. The highest BCUT2D eigenvalue weighted by atomic mass is 127. The maximum Gasteiger partial charge on any atom is 0.231 e. The summed E-state index contributed by atoms with van der Waals surface area (Å²) in [4.78, 5) is 0. The van der Waals surface area contributed by atoms with Crippen molar-refractivity contribution < 1.29 is 13.9 Å². The van der Waals surface area contributed by atoms with Crippen molar-refractivity contribution in [1.29, 1.82) is 0 Å². The lowest BCUT2D eigenvalue weighted by atomic mass is 10.0. The molecule has 0 unspecified atom stereocenters. The van der Waals surface area contributed by atoms with Crippen LogP contribution in [-0.4, -0.2) is 7.11 Å². The van der Waals surface area contributed by atoms with Crippen LogP contribution in [0.25, 0.3) is 22.6 Å². The predicted molar refractivity (Wildman–Crippen MR) is 92.7 cm³/mol. The second-order valence-corrected chi connectivity index (χ2v) is 6.11. The number of rotatable bonds is 2. The van der Waals surface area contributed by atoms with Crippen LogP contribution in [0.4, 0.5) is 0 Å². The lowest BCUT2D eigenvalue weighted by molar-refractivity contribution is -0.0588. The van der Waals surface area contributed by atoms with Gasteiger partial charge in [0.1, 0.15) is 17.3 Å². The topological polar surface area (TPSA) is 31.6 Å². The van der Waals surface area contributed by atoms with Gasteiger partial charge in [-0.25, -0.2) is 0 Å². The molecule has 22 heavy (non-hydrogen) atoms. The van der Waals surface area contributed by atoms with E-state index in [1.165, 1.54) is 0 Å². The first-order valence-electron chi connectivity index (χ1n) is 6.96. The van der Waals surface area contributed by atoms with Crippen LogP contribution in [0.1, 0.15) is 11.9 Å². The summed E-state index contributed by atoms with van der Waals surface area (Å²) in [5.74, 6) is 2.47. The molecular formula is C18H13IO3. The molecule has 0 radical (unpaired) electrons. The van der Waals surface area contributed by atoms with Crippen LogP contribution in [0.3, 0.4) is 0 Å². The van der Waals surface area contributed by atoms with E-state index >= 15 is 0 Å². The maximum absolute atomic E-state index is 6.21. The van der Waals surface area contributed by atoms with Gasteiger partial charge >= 0.3 is 0 Å². The molecule has 4 rings (SSSR count). The highest BCUT2D eigenvalue weighted by molar-refractivity contribution is 14.1. The van der Waals surface area contributed by atoms with Gasteiger partial charge in [0.05, 0.1) is 14.7 Å². The van der Waals surface area contributed by atoms with Gasteiger partial charge < -0.3 is 13.9 Å². The Bertz CT molecular complexity index is 824. The van der Waals surface area contributed by atoms with E-state index in [0.717, 1.165) is 37.5 Å². The second-order valence-electron chi connectivity index (χ2n) is 5.04. The Morgan fingerprint density at radius 3 is 2.45 bits per heavy atom. The molecule has 3 nitrogen and oxygen atoms in total. The van der Waals surface area contributed by atoms with E-state index in [4.69, 9.17) is 13.9 Å². The van der Waals surface area contributed by atoms with Crippen molar-refractivity contribution >= 4 is 22.6 Å². The van der Waals surface area contributed by atoms with Crippen molar-refractivity contribution in [2.24, 2.45) is 0 Å². The largest absolute Gasteiger partial charge is 0.460 e. The van der Waals surface area contributed by atoms with E-state index in [1.807, 2.05) is 54.6 Å². The lowest BCUT2D eigenvalue weighted by Gasteiger charge is -2.24. The third-order valence-electron chi connectivity index (χ3n) is 3.74. The van der Waals surface area contributed by atoms with Gasteiger partial charge in [-0.2, -0.15) is 0 Å². The van der Waals surface area contributed by atoms with E-state index in [2.05, 4.69) is 22.6 Å². The minimum Gasteiger partial charge on any atom is -0.460 e. The molecular weight excluding hydrogens is 391 g/mol. The molecule has 110 valence electrons. The molecule has 2 heterocycles. The first-order chi connectivity index (χ1) is 10.8. The third kappa shape index (κ3) is 2.06. The van der Waals surface area contributed by atoms with Crippen LogP contribution < -0.4 is 4.74 Å². The molecule has 1 aromatic heterocycles. The van der Waals surface area contributed by atoms with E-state index < -0.39 is 6.29 Å². The second kappa shape index (κ2) is 5.44. The molecule has 0 N–H and O–H groups in total. The Balaban J connectivity index is 1.97. The number of fused-ring (bicyclic) bond motifs is 3. The maximum atomic E-state index is 6.21. The zero-order valence-corrected chi connectivity index (χ0v) is 14.0. The molecule has 1 atom stereocenters. The fourth-order valence-corrected chi connectivity index (χ4v) is 3.63. The number of hydrogen-bond donors (Lipinski definition) is 0. The summed E-state index contributed by atoms with van der Waals surface area (Å²) in [5, 5.41) is 0. The van der Waals surface area contributed by atoms with Crippen LogP contribution in [0.15, 0.2) is 59.0 Å². The average molecular weight is 404 g/mol. The van der Waals surface area contributed by atoms with Gasteiger partial charge in [-0.1, -0.05) is 42.5 Å². The van der Waals surface area contributed by atoms with Crippen LogP contribution >= 0.6 is 22.6 Å². The highest BCUT2D eigenvalue weighted by Gasteiger charge is 2.33. The van der Waals surface area contributed by atoms with Crippen molar-refractivity contribution in [3.05, 3.63) is 63.7 Å². The van der Waals surface area contributed by atoms with Gasteiger partial charge in [-0.05, 0) is 34.7 Å². The van der Waals surface area contributed by atoms with Crippen LogP contribution in [-0.2, 0) is 4.74 Å². The number of ether oxygens (including phenoxy) is 2. The van der Waals surface area contributed by atoms with Crippen molar-refractivity contribution in [3.8, 4) is 28.4 Å². The summed E-state index contributed by atoms with van der Waals surface area (Å²) in [7, 11) is 1.65. The van der Waals surface area contributed by atoms with Gasteiger partial charge in [-0.3, -0.25) is 0 Å². The van der Waals surface area contributed by atoms with Gasteiger partial charge in [-0.15, -0.1) is 0 Å². The third-order valence-corrected chi connectivity index (χ3v) is 4.81.